The second-order valence-corrected chi connectivity index (χ2v) is 4.30. The Morgan fingerprint density at radius 2 is 2.07 bits per heavy atom. The van der Waals surface area contributed by atoms with E-state index in [9.17, 15) is 4.39 Å². The maximum atomic E-state index is 13.0. The third-order valence-electron chi connectivity index (χ3n) is 2.42. The Morgan fingerprint density at radius 3 is 2.67 bits per heavy atom. The lowest BCUT2D eigenvalue weighted by Crippen LogP contribution is -2.23. The largest absolute Gasteiger partial charge is 0.315 e. The number of rotatable bonds is 5. The van der Waals surface area contributed by atoms with Crippen LogP contribution in [-0.4, -0.2) is 12.6 Å². The molecule has 84 valence electrons. The van der Waals surface area contributed by atoms with Crippen LogP contribution in [0, 0.1) is 12.7 Å². The number of benzene rings is 1. The van der Waals surface area contributed by atoms with Crippen LogP contribution in [0.15, 0.2) is 18.2 Å². The van der Waals surface area contributed by atoms with E-state index in [-0.39, 0.29) is 5.82 Å². The second kappa shape index (κ2) is 5.86. The van der Waals surface area contributed by atoms with Crippen LogP contribution in [0.1, 0.15) is 31.4 Å². The van der Waals surface area contributed by atoms with Gasteiger partial charge in [-0.25, -0.2) is 4.39 Å². The van der Waals surface area contributed by atoms with Gasteiger partial charge in [-0.3, -0.25) is 0 Å². The van der Waals surface area contributed by atoms with Crippen LogP contribution in [0.25, 0.3) is 0 Å². The standard InChI is InChI=1S/C13H20FN/c1-10(2)15-8-4-5-12-6-7-13(14)11(3)9-12/h6-7,9-10,15H,4-5,8H2,1-3H3. The first-order chi connectivity index (χ1) is 7.09. The predicted octanol–water partition coefficient (Wildman–Crippen LogP) is 3.06. The topological polar surface area (TPSA) is 12.0 Å². The molecule has 1 N–H and O–H groups in total. The van der Waals surface area contributed by atoms with Crippen LogP contribution < -0.4 is 5.32 Å². The zero-order chi connectivity index (χ0) is 11.3. The normalized spacial score (nSPS) is 11.0. The molecular formula is C13H20FN. The molecule has 0 unspecified atom stereocenters. The van der Waals surface area contributed by atoms with Gasteiger partial charge in [-0.05, 0) is 43.5 Å². The smallest absolute Gasteiger partial charge is 0.126 e. The molecule has 1 aromatic carbocycles. The molecule has 2 heteroatoms. The van der Waals surface area contributed by atoms with Crippen LogP contribution in [0.2, 0.25) is 0 Å². The fourth-order valence-electron chi connectivity index (χ4n) is 1.55. The molecule has 0 heterocycles. The molecule has 0 atom stereocenters. The Hall–Kier alpha value is -0.890. The van der Waals surface area contributed by atoms with E-state index in [0.29, 0.717) is 6.04 Å². The van der Waals surface area contributed by atoms with Crippen molar-refractivity contribution >= 4 is 0 Å². The lowest BCUT2D eigenvalue weighted by atomic mass is 10.1. The fourth-order valence-corrected chi connectivity index (χ4v) is 1.55. The Labute approximate surface area is 91.7 Å². The monoisotopic (exact) mass is 209 g/mol. The Morgan fingerprint density at radius 1 is 1.33 bits per heavy atom. The van der Waals surface area contributed by atoms with E-state index in [0.717, 1.165) is 24.9 Å². The van der Waals surface area contributed by atoms with Crippen molar-refractivity contribution in [3.63, 3.8) is 0 Å². The quantitative estimate of drug-likeness (QED) is 0.735. The first-order valence-electron chi connectivity index (χ1n) is 5.58. The summed E-state index contributed by atoms with van der Waals surface area (Å²) in [7, 11) is 0. The number of nitrogens with one attached hydrogen (secondary N) is 1. The highest BCUT2D eigenvalue weighted by Crippen LogP contribution is 2.10. The van der Waals surface area contributed by atoms with Crippen molar-refractivity contribution in [2.75, 3.05) is 6.54 Å². The van der Waals surface area contributed by atoms with Gasteiger partial charge >= 0.3 is 0 Å². The highest BCUT2D eigenvalue weighted by Gasteiger charge is 1.99. The molecule has 0 aliphatic heterocycles. The van der Waals surface area contributed by atoms with Gasteiger partial charge in [0.1, 0.15) is 5.82 Å². The minimum absolute atomic E-state index is 0.112. The lowest BCUT2D eigenvalue weighted by molar-refractivity contribution is 0.570. The van der Waals surface area contributed by atoms with E-state index >= 15 is 0 Å². The van der Waals surface area contributed by atoms with Gasteiger partial charge in [0.2, 0.25) is 0 Å². The highest BCUT2D eigenvalue weighted by molar-refractivity contribution is 5.23. The van der Waals surface area contributed by atoms with E-state index in [1.165, 1.54) is 5.56 Å². The van der Waals surface area contributed by atoms with Crippen LogP contribution in [0.5, 0.6) is 0 Å². The zero-order valence-corrected chi connectivity index (χ0v) is 9.81. The Kier molecular flexibility index (Phi) is 4.76. The predicted molar refractivity (Wildman–Crippen MR) is 62.6 cm³/mol. The fraction of sp³-hybridized carbons (Fsp3) is 0.538. The lowest BCUT2D eigenvalue weighted by Gasteiger charge is -2.08. The molecule has 0 aromatic heterocycles. The summed E-state index contributed by atoms with van der Waals surface area (Å²) in [6.45, 7) is 7.11. The number of hydrogen-bond acceptors (Lipinski definition) is 1. The molecule has 0 aliphatic rings. The molecule has 15 heavy (non-hydrogen) atoms. The van der Waals surface area contributed by atoms with E-state index in [1.807, 2.05) is 19.1 Å². The first-order valence-corrected chi connectivity index (χ1v) is 5.58. The van der Waals surface area contributed by atoms with Crippen LogP contribution in [-0.2, 0) is 6.42 Å². The number of hydrogen-bond donors (Lipinski definition) is 1. The van der Waals surface area contributed by atoms with E-state index < -0.39 is 0 Å². The molecule has 0 fully saturated rings. The summed E-state index contributed by atoms with van der Waals surface area (Å²) < 4.78 is 13.0. The summed E-state index contributed by atoms with van der Waals surface area (Å²) in [5, 5.41) is 3.37. The molecular weight excluding hydrogens is 189 g/mol. The molecule has 1 rings (SSSR count). The van der Waals surface area contributed by atoms with Crippen molar-refractivity contribution in [2.45, 2.75) is 39.7 Å². The maximum absolute atomic E-state index is 13.0. The highest BCUT2D eigenvalue weighted by atomic mass is 19.1. The van der Waals surface area contributed by atoms with E-state index in [2.05, 4.69) is 19.2 Å². The van der Waals surface area contributed by atoms with Crippen molar-refractivity contribution in [2.24, 2.45) is 0 Å². The van der Waals surface area contributed by atoms with Gasteiger partial charge in [0.05, 0.1) is 0 Å². The average Bonchev–Trinajstić information content (AvgIpc) is 2.18. The third kappa shape index (κ3) is 4.43. The summed E-state index contributed by atoms with van der Waals surface area (Å²) in [4.78, 5) is 0. The molecule has 0 saturated heterocycles. The Bertz CT molecular complexity index is 307. The van der Waals surface area contributed by atoms with Gasteiger partial charge in [0.25, 0.3) is 0 Å². The van der Waals surface area contributed by atoms with Gasteiger partial charge in [-0.15, -0.1) is 0 Å². The molecule has 0 saturated carbocycles. The van der Waals surface area contributed by atoms with Crippen molar-refractivity contribution in [3.05, 3.63) is 35.1 Å². The summed E-state index contributed by atoms with van der Waals surface area (Å²) in [5.74, 6) is -0.112. The minimum atomic E-state index is -0.112. The van der Waals surface area contributed by atoms with Crippen LogP contribution in [0.4, 0.5) is 4.39 Å². The van der Waals surface area contributed by atoms with Gasteiger partial charge < -0.3 is 5.32 Å². The molecule has 0 amide bonds. The van der Waals surface area contributed by atoms with E-state index in [4.69, 9.17) is 0 Å². The first kappa shape index (κ1) is 12.2. The third-order valence-corrected chi connectivity index (χ3v) is 2.42. The molecule has 0 spiro atoms. The summed E-state index contributed by atoms with van der Waals surface area (Å²) in [6, 6.07) is 5.91. The summed E-state index contributed by atoms with van der Waals surface area (Å²) in [6.07, 6.45) is 2.12. The van der Waals surface area contributed by atoms with Crippen LogP contribution in [0.3, 0.4) is 0 Å². The average molecular weight is 209 g/mol. The number of halogens is 1. The van der Waals surface area contributed by atoms with Gasteiger partial charge in [-0.1, -0.05) is 26.0 Å². The van der Waals surface area contributed by atoms with Crippen molar-refractivity contribution in [1.82, 2.24) is 5.32 Å². The molecule has 0 radical (unpaired) electrons. The Balaban J connectivity index is 2.35. The molecule has 1 aromatic rings. The molecule has 0 bridgehead atoms. The SMILES string of the molecule is Cc1cc(CCCNC(C)C)ccc1F. The van der Waals surface area contributed by atoms with Crippen molar-refractivity contribution in [3.8, 4) is 0 Å². The van der Waals surface area contributed by atoms with Gasteiger partial charge in [0, 0.05) is 6.04 Å². The van der Waals surface area contributed by atoms with Gasteiger partial charge in [-0.2, -0.15) is 0 Å². The second-order valence-electron chi connectivity index (χ2n) is 4.30. The van der Waals surface area contributed by atoms with Gasteiger partial charge in [0.15, 0.2) is 0 Å². The summed E-state index contributed by atoms with van der Waals surface area (Å²) >= 11 is 0. The van der Waals surface area contributed by atoms with Crippen molar-refractivity contribution in [1.29, 1.82) is 0 Å². The van der Waals surface area contributed by atoms with Crippen LogP contribution >= 0.6 is 0 Å². The summed E-state index contributed by atoms with van der Waals surface area (Å²) in [5.41, 5.74) is 1.96. The number of aryl methyl sites for hydroxylation is 2. The van der Waals surface area contributed by atoms with E-state index in [1.54, 1.807) is 6.07 Å². The van der Waals surface area contributed by atoms with Crippen molar-refractivity contribution < 1.29 is 4.39 Å². The molecule has 0 aliphatic carbocycles. The zero-order valence-electron chi connectivity index (χ0n) is 9.81. The minimum Gasteiger partial charge on any atom is -0.315 e. The maximum Gasteiger partial charge on any atom is 0.126 e. The molecule has 1 nitrogen and oxygen atoms in total.